The molecule has 6 heteroatoms. The van der Waals surface area contributed by atoms with Crippen LogP contribution in [0.1, 0.15) is 32.1 Å². The molecule has 2 N–H and O–H groups in total. The predicted molar refractivity (Wildman–Crippen MR) is 83.8 cm³/mol. The van der Waals surface area contributed by atoms with Gasteiger partial charge in [0.15, 0.2) is 0 Å². The maximum absolute atomic E-state index is 12.7. The molecule has 0 aliphatic heterocycles. The second kappa shape index (κ2) is 6.66. The van der Waals surface area contributed by atoms with Crippen molar-refractivity contribution in [2.45, 2.75) is 37.0 Å². The number of hydrogen-bond acceptors (Lipinski definition) is 4. The van der Waals surface area contributed by atoms with Crippen molar-refractivity contribution in [3.63, 3.8) is 0 Å². The van der Waals surface area contributed by atoms with Gasteiger partial charge >= 0.3 is 0 Å². The summed E-state index contributed by atoms with van der Waals surface area (Å²) in [5.41, 5.74) is 6.14. The number of benzene rings is 1. The van der Waals surface area contributed by atoms with Gasteiger partial charge in [0.25, 0.3) is 0 Å². The van der Waals surface area contributed by atoms with Gasteiger partial charge in [0, 0.05) is 19.3 Å². The summed E-state index contributed by atoms with van der Waals surface area (Å²) in [5.74, 6) is 0.783. The summed E-state index contributed by atoms with van der Waals surface area (Å²) in [5, 5.41) is 0. The largest absolute Gasteiger partial charge is 0.495 e. The molecule has 0 saturated heterocycles. The van der Waals surface area contributed by atoms with Crippen molar-refractivity contribution in [3.05, 3.63) is 18.2 Å². The molecule has 1 saturated carbocycles. The first-order valence-corrected chi connectivity index (χ1v) is 8.79. The van der Waals surface area contributed by atoms with Crippen LogP contribution in [0.3, 0.4) is 0 Å². The highest BCUT2D eigenvalue weighted by Gasteiger charge is 2.27. The van der Waals surface area contributed by atoms with E-state index >= 15 is 0 Å². The average molecular weight is 312 g/mol. The lowest BCUT2D eigenvalue weighted by molar-refractivity contribution is 0.299. The summed E-state index contributed by atoms with van der Waals surface area (Å²) >= 11 is 0. The molecule has 1 aromatic carbocycles. The van der Waals surface area contributed by atoms with Crippen molar-refractivity contribution in [1.82, 2.24) is 4.31 Å². The first kappa shape index (κ1) is 16.1. The maximum Gasteiger partial charge on any atom is 0.246 e. The number of nitrogen functional groups attached to an aromatic ring is 1. The average Bonchev–Trinajstić information content (AvgIpc) is 2.48. The fraction of sp³-hybridized carbons (Fsp3) is 0.600. The Bertz CT molecular complexity index is 581. The smallest absolute Gasteiger partial charge is 0.246 e. The number of nitrogens with two attached hydrogens (primary N) is 1. The number of ether oxygens (including phenoxy) is 1. The molecule has 0 spiro atoms. The molecule has 1 aliphatic rings. The van der Waals surface area contributed by atoms with Gasteiger partial charge in [0.2, 0.25) is 10.0 Å². The molecule has 1 aromatic rings. The number of methoxy groups -OCH3 is 1. The van der Waals surface area contributed by atoms with Crippen molar-refractivity contribution >= 4 is 15.7 Å². The normalized spacial score (nSPS) is 17.1. The summed E-state index contributed by atoms with van der Waals surface area (Å²) in [4.78, 5) is 0.142. The summed E-state index contributed by atoms with van der Waals surface area (Å²) < 4.78 is 32.1. The van der Waals surface area contributed by atoms with Gasteiger partial charge in [-0.25, -0.2) is 12.7 Å². The second-order valence-electron chi connectivity index (χ2n) is 5.70. The molecule has 5 nitrogen and oxygen atoms in total. The van der Waals surface area contributed by atoms with Gasteiger partial charge in [0.1, 0.15) is 10.6 Å². The Hall–Kier alpha value is -1.27. The van der Waals surface area contributed by atoms with Crippen LogP contribution in [0.2, 0.25) is 0 Å². The van der Waals surface area contributed by atoms with E-state index in [9.17, 15) is 8.42 Å². The van der Waals surface area contributed by atoms with Crippen molar-refractivity contribution in [2.75, 3.05) is 26.4 Å². The SMILES string of the molecule is COc1ccc(N)cc1S(=O)(=O)N(C)CC1CCCCC1. The van der Waals surface area contributed by atoms with Crippen LogP contribution in [-0.4, -0.2) is 33.4 Å². The molecule has 0 bridgehead atoms. The Kier molecular flexibility index (Phi) is 5.11. The molecule has 0 heterocycles. The second-order valence-corrected chi connectivity index (χ2v) is 7.71. The predicted octanol–water partition coefficient (Wildman–Crippen LogP) is 2.48. The monoisotopic (exact) mass is 312 g/mol. The van der Waals surface area contributed by atoms with E-state index in [1.807, 2.05) is 0 Å². The van der Waals surface area contributed by atoms with Crippen LogP contribution >= 0.6 is 0 Å². The van der Waals surface area contributed by atoms with Crippen LogP contribution in [0.5, 0.6) is 5.75 Å². The Morgan fingerprint density at radius 1 is 1.29 bits per heavy atom. The fourth-order valence-electron chi connectivity index (χ4n) is 2.89. The lowest BCUT2D eigenvalue weighted by atomic mass is 9.89. The molecule has 1 aliphatic carbocycles. The molecule has 118 valence electrons. The van der Waals surface area contributed by atoms with Gasteiger partial charge in [-0.05, 0) is 37.0 Å². The Balaban J connectivity index is 2.22. The summed E-state index contributed by atoms with van der Waals surface area (Å²) in [6, 6.07) is 4.70. The zero-order chi connectivity index (χ0) is 15.5. The number of nitrogens with zero attached hydrogens (tertiary/aromatic N) is 1. The summed E-state index contributed by atoms with van der Waals surface area (Å²) in [6.07, 6.45) is 5.86. The van der Waals surface area contributed by atoms with Gasteiger partial charge in [-0.2, -0.15) is 0 Å². The topological polar surface area (TPSA) is 72.6 Å². The van der Waals surface area contributed by atoms with Gasteiger partial charge in [0.05, 0.1) is 7.11 Å². The number of sulfonamides is 1. The lowest BCUT2D eigenvalue weighted by Gasteiger charge is -2.27. The Morgan fingerprint density at radius 2 is 1.95 bits per heavy atom. The van der Waals surface area contributed by atoms with Crippen LogP contribution in [-0.2, 0) is 10.0 Å². The first-order valence-electron chi connectivity index (χ1n) is 7.35. The van der Waals surface area contributed by atoms with Crippen LogP contribution in [0.25, 0.3) is 0 Å². The minimum Gasteiger partial charge on any atom is -0.495 e. The number of anilines is 1. The van der Waals surface area contributed by atoms with Gasteiger partial charge in [-0.3, -0.25) is 0 Å². The lowest BCUT2D eigenvalue weighted by Crippen LogP contribution is -2.33. The van der Waals surface area contributed by atoms with E-state index in [1.54, 1.807) is 19.2 Å². The van der Waals surface area contributed by atoms with E-state index in [4.69, 9.17) is 10.5 Å². The van der Waals surface area contributed by atoms with E-state index < -0.39 is 10.0 Å². The molecule has 1 fully saturated rings. The molecule has 0 amide bonds. The quantitative estimate of drug-likeness (QED) is 0.848. The minimum absolute atomic E-state index is 0.142. The minimum atomic E-state index is -3.58. The van der Waals surface area contributed by atoms with E-state index in [0.29, 0.717) is 23.9 Å². The van der Waals surface area contributed by atoms with Crippen LogP contribution in [0.15, 0.2) is 23.1 Å². The van der Waals surface area contributed by atoms with Crippen LogP contribution < -0.4 is 10.5 Å². The third-order valence-corrected chi connectivity index (χ3v) is 5.96. The first-order chi connectivity index (χ1) is 9.95. The van der Waals surface area contributed by atoms with Crippen molar-refractivity contribution in [2.24, 2.45) is 5.92 Å². The summed E-state index contributed by atoms with van der Waals surface area (Å²) in [6.45, 7) is 0.556. The van der Waals surface area contributed by atoms with Crippen molar-refractivity contribution in [3.8, 4) is 5.75 Å². The van der Waals surface area contributed by atoms with E-state index in [1.165, 1.54) is 36.7 Å². The third kappa shape index (κ3) is 3.68. The van der Waals surface area contributed by atoms with E-state index in [-0.39, 0.29) is 4.90 Å². The van der Waals surface area contributed by atoms with Crippen molar-refractivity contribution < 1.29 is 13.2 Å². The highest BCUT2D eigenvalue weighted by Crippen LogP contribution is 2.30. The van der Waals surface area contributed by atoms with Crippen LogP contribution in [0, 0.1) is 5.92 Å². The number of rotatable bonds is 5. The van der Waals surface area contributed by atoms with Gasteiger partial charge in [-0.1, -0.05) is 19.3 Å². The highest BCUT2D eigenvalue weighted by atomic mass is 32.2. The summed E-state index contributed by atoms with van der Waals surface area (Å²) in [7, 11) is -0.480. The molecular formula is C15H24N2O3S. The van der Waals surface area contributed by atoms with E-state index in [0.717, 1.165) is 12.8 Å². The Labute approximate surface area is 127 Å². The number of hydrogen-bond donors (Lipinski definition) is 1. The third-order valence-electron chi connectivity index (χ3n) is 4.12. The Morgan fingerprint density at radius 3 is 2.57 bits per heavy atom. The highest BCUT2D eigenvalue weighted by molar-refractivity contribution is 7.89. The zero-order valence-electron chi connectivity index (χ0n) is 12.7. The van der Waals surface area contributed by atoms with Crippen LogP contribution in [0.4, 0.5) is 5.69 Å². The standard InChI is InChI=1S/C15H24N2O3S/c1-17(11-12-6-4-3-5-7-12)21(18,19)15-10-13(16)8-9-14(15)20-2/h8-10,12H,3-7,11,16H2,1-2H3. The van der Waals surface area contributed by atoms with Gasteiger partial charge in [-0.15, -0.1) is 0 Å². The fourth-order valence-corrected chi connectivity index (χ4v) is 4.33. The molecule has 2 rings (SSSR count). The zero-order valence-corrected chi connectivity index (χ0v) is 13.5. The molecule has 0 atom stereocenters. The van der Waals surface area contributed by atoms with E-state index in [2.05, 4.69) is 0 Å². The molecular weight excluding hydrogens is 288 g/mol. The van der Waals surface area contributed by atoms with Gasteiger partial charge < -0.3 is 10.5 Å². The maximum atomic E-state index is 12.7. The molecule has 21 heavy (non-hydrogen) atoms. The molecule has 0 unspecified atom stereocenters. The molecule has 0 aromatic heterocycles. The molecule has 0 radical (unpaired) electrons. The van der Waals surface area contributed by atoms with Crippen molar-refractivity contribution in [1.29, 1.82) is 0 Å².